The molecule has 6 heteroatoms. The van der Waals surface area contributed by atoms with E-state index in [1.165, 1.54) is 17.7 Å². The molecule has 35 heavy (non-hydrogen) atoms. The maximum Gasteiger partial charge on any atom is 0.328 e. The first-order chi connectivity index (χ1) is 16.8. The zero-order chi connectivity index (χ0) is 25.5. The molecule has 0 aromatic heterocycles. The van der Waals surface area contributed by atoms with E-state index in [-0.39, 0.29) is 5.82 Å². The highest BCUT2D eigenvalue weighted by molar-refractivity contribution is 5.89. The molecule has 0 aliphatic rings. The highest BCUT2D eigenvalue weighted by atomic mass is 19.1. The molecule has 0 bridgehead atoms. The lowest BCUT2D eigenvalue weighted by molar-refractivity contribution is -0.134. The molecule has 0 atom stereocenters. The van der Waals surface area contributed by atoms with Crippen LogP contribution in [0.2, 0.25) is 0 Å². The number of hydrogen-bond donors (Lipinski definition) is 2. The number of hydrogen-bond acceptors (Lipinski definition) is 3. The van der Waals surface area contributed by atoms with Gasteiger partial charge in [-0.25, -0.2) is 14.0 Å². The van der Waals surface area contributed by atoms with Crippen molar-refractivity contribution in [3.8, 4) is 0 Å². The van der Waals surface area contributed by atoms with Crippen molar-refractivity contribution in [1.29, 1.82) is 0 Å². The minimum Gasteiger partial charge on any atom is -0.478 e. The third kappa shape index (κ3) is 11.1. The van der Waals surface area contributed by atoms with Gasteiger partial charge in [0.15, 0.2) is 0 Å². The van der Waals surface area contributed by atoms with Crippen molar-refractivity contribution in [2.45, 2.75) is 12.8 Å². The van der Waals surface area contributed by atoms with Crippen molar-refractivity contribution < 1.29 is 24.2 Å². The second-order valence-corrected chi connectivity index (χ2v) is 7.83. The lowest BCUT2D eigenvalue weighted by atomic mass is 9.97. The van der Waals surface area contributed by atoms with Crippen LogP contribution in [0.15, 0.2) is 103 Å². The fourth-order valence-corrected chi connectivity index (χ4v) is 3.30. The van der Waals surface area contributed by atoms with Gasteiger partial charge >= 0.3 is 11.9 Å². The minimum absolute atomic E-state index is 0.202. The van der Waals surface area contributed by atoms with Crippen molar-refractivity contribution in [2.24, 2.45) is 0 Å². The molecule has 0 fully saturated rings. The minimum atomic E-state index is -1.26. The van der Waals surface area contributed by atoms with Gasteiger partial charge in [-0.3, -0.25) is 0 Å². The van der Waals surface area contributed by atoms with Crippen LogP contribution in [0.5, 0.6) is 0 Å². The molecule has 0 aliphatic heterocycles. The van der Waals surface area contributed by atoms with E-state index >= 15 is 0 Å². The number of halogens is 1. The van der Waals surface area contributed by atoms with Crippen LogP contribution in [0, 0.1) is 5.82 Å². The average Bonchev–Trinajstić information content (AvgIpc) is 2.86. The summed E-state index contributed by atoms with van der Waals surface area (Å²) >= 11 is 0. The number of nitrogens with zero attached hydrogens (tertiary/aromatic N) is 1. The normalized spacial score (nSPS) is 11.2. The Kier molecular flexibility index (Phi) is 11.7. The Labute approximate surface area is 205 Å². The summed E-state index contributed by atoms with van der Waals surface area (Å²) in [5, 5.41) is 15.6. The summed E-state index contributed by atoms with van der Waals surface area (Å²) in [5.74, 6) is -2.72. The summed E-state index contributed by atoms with van der Waals surface area (Å²) in [6, 6.07) is 27.7. The van der Waals surface area contributed by atoms with E-state index in [0.717, 1.165) is 42.6 Å². The van der Waals surface area contributed by atoms with Gasteiger partial charge in [-0.1, -0.05) is 78.9 Å². The molecule has 3 aromatic carbocycles. The van der Waals surface area contributed by atoms with Crippen molar-refractivity contribution in [2.75, 3.05) is 20.1 Å². The smallest absolute Gasteiger partial charge is 0.328 e. The predicted octanol–water partition coefficient (Wildman–Crippen LogP) is 5.53. The van der Waals surface area contributed by atoms with E-state index in [4.69, 9.17) is 10.2 Å². The fourth-order valence-electron chi connectivity index (χ4n) is 3.30. The number of benzene rings is 3. The molecule has 5 nitrogen and oxygen atoms in total. The van der Waals surface area contributed by atoms with Crippen LogP contribution in [0.25, 0.3) is 5.57 Å². The van der Waals surface area contributed by atoms with Crippen molar-refractivity contribution in [1.82, 2.24) is 4.90 Å². The molecule has 0 saturated carbocycles. The number of likely N-dealkylation sites (N-methyl/N-ethyl adjacent to an activating group) is 1. The van der Waals surface area contributed by atoms with E-state index in [2.05, 4.69) is 60.5 Å². The van der Waals surface area contributed by atoms with E-state index in [9.17, 15) is 14.0 Å². The maximum atomic E-state index is 13.3. The van der Waals surface area contributed by atoms with Gasteiger partial charge in [0.1, 0.15) is 5.82 Å². The summed E-state index contributed by atoms with van der Waals surface area (Å²) in [5.41, 5.74) is 4.74. The summed E-state index contributed by atoms with van der Waals surface area (Å²) in [6.07, 6.45) is 5.39. The Morgan fingerprint density at radius 1 is 0.771 bits per heavy atom. The molecule has 3 aromatic rings. The lowest BCUT2D eigenvalue weighted by Crippen LogP contribution is -2.22. The molecule has 182 valence electrons. The van der Waals surface area contributed by atoms with Crippen LogP contribution < -0.4 is 0 Å². The maximum absolute atomic E-state index is 13.3. The Morgan fingerprint density at radius 3 is 1.83 bits per heavy atom. The zero-order valence-corrected chi connectivity index (χ0v) is 19.7. The number of rotatable bonds is 10. The van der Waals surface area contributed by atoms with E-state index < -0.39 is 11.9 Å². The van der Waals surface area contributed by atoms with Gasteiger partial charge in [0.25, 0.3) is 0 Å². The summed E-state index contributed by atoms with van der Waals surface area (Å²) in [6.45, 7) is 2.03. The number of carbonyl (C=O) groups is 2. The highest BCUT2D eigenvalue weighted by Gasteiger charge is 2.06. The molecule has 2 N–H and O–H groups in total. The molecule has 0 amide bonds. The fraction of sp³-hybridized carbons (Fsp3) is 0.172. The van der Waals surface area contributed by atoms with Gasteiger partial charge in [-0.15, -0.1) is 0 Å². The lowest BCUT2D eigenvalue weighted by Gasteiger charge is -2.16. The van der Waals surface area contributed by atoms with Gasteiger partial charge in [0, 0.05) is 25.2 Å². The van der Waals surface area contributed by atoms with Crippen LogP contribution in [-0.2, 0) is 16.0 Å². The molecular weight excluding hydrogens is 445 g/mol. The molecule has 0 saturated heterocycles. The Morgan fingerprint density at radius 2 is 1.29 bits per heavy atom. The highest BCUT2D eigenvalue weighted by Crippen LogP contribution is 2.24. The third-order valence-corrected chi connectivity index (χ3v) is 5.09. The Balaban J connectivity index is 0.000000466. The van der Waals surface area contributed by atoms with Gasteiger partial charge < -0.3 is 15.1 Å². The second-order valence-electron chi connectivity index (χ2n) is 7.83. The predicted molar refractivity (Wildman–Crippen MR) is 137 cm³/mol. The molecule has 3 rings (SSSR count). The average molecular weight is 476 g/mol. The van der Waals surface area contributed by atoms with E-state index in [1.807, 2.05) is 30.3 Å². The quantitative estimate of drug-likeness (QED) is 0.377. The van der Waals surface area contributed by atoms with Gasteiger partial charge in [0.2, 0.25) is 0 Å². The van der Waals surface area contributed by atoms with E-state index in [0.29, 0.717) is 12.2 Å². The van der Waals surface area contributed by atoms with Crippen LogP contribution >= 0.6 is 0 Å². The number of carboxylic acid groups (broad SMARTS) is 2. The molecular formula is C29H30FNO4. The molecule has 0 radical (unpaired) electrons. The van der Waals surface area contributed by atoms with Crippen molar-refractivity contribution in [3.05, 3.63) is 126 Å². The third-order valence-electron chi connectivity index (χ3n) is 5.09. The summed E-state index contributed by atoms with van der Waals surface area (Å²) < 4.78 is 13.3. The van der Waals surface area contributed by atoms with Gasteiger partial charge in [0.05, 0.1) is 0 Å². The first-order valence-electron chi connectivity index (χ1n) is 11.2. The molecule has 0 unspecified atom stereocenters. The van der Waals surface area contributed by atoms with Crippen LogP contribution in [0.4, 0.5) is 4.39 Å². The Bertz CT molecular complexity index is 1090. The number of aliphatic carboxylic acids is 2. The van der Waals surface area contributed by atoms with Crippen LogP contribution in [0.1, 0.15) is 23.1 Å². The van der Waals surface area contributed by atoms with Crippen molar-refractivity contribution >= 4 is 17.5 Å². The first-order valence-corrected chi connectivity index (χ1v) is 11.2. The van der Waals surface area contributed by atoms with Crippen LogP contribution in [0.3, 0.4) is 0 Å². The topological polar surface area (TPSA) is 77.8 Å². The van der Waals surface area contributed by atoms with Crippen molar-refractivity contribution in [3.63, 3.8) is 0 Å². The largest absolute Gasteiger partial charge is 0.478 e. The monoisotopic (exact) mass is 475 g/mol. The molecule has 0 heterocycles. The summed E-state index contributed by atoms with van der Waals surface area (Å²) in [7, 11) is 2.16. The molecule has 0 aliphatic carbocycles. The molecule has 0 spiro atoms. The van der Waals surface area contributed by atoms with Crippen LogP contribution in [-0.4, -0.2) is 47.2 Å². The standard InChI is InChI=1S/C25H26FN.C4H4O4/c1-27(20-18-21-9-4-2-5-10-21)19-8-13-25(22-11-6-3-7-12-22)23-14-16-24(26)17-15-23;5-3(6)1-2-4(7)8/h2-7,9-17H,8,18-20H2,1H3;1-2H,(H,5,6)(H,7,8)/b25-13+;2-1-. The van der Waals surface area contributed by atoms with Gasteiger partial charge in [-0.05, 0) is 54.3 Å². The SMILES string of the molecule is CN(CC/C=C(\c1ccccc1)c1ccc(F)cc1)CCc1ccccc1.O=C(O)/C=C\C(=O)O. The second kappa shape index (κ2) is 15.0. The van der Waals surface area contributed by atoms with E-state index in [1.54, 1.807) is 0 Å². The number of carboxylic acids is 2. The first kappa shape index (κ1) is 27.2. The zero-order valence-electron chi connectivity index (χ0n) is 19.7. The Hall–Kier alpha value is -4.03. The van der Waals surface area contributed by atoms with Gasteiger partial charge in [-0.2, -0.15) is 0 Å². The summed E-state index contributed by atoms with van der Waals surface area (Å²) in [4.78, 5) is 21.5.